The topological polar surface area (TPSA) is 56.1 Å². The molecule has 0 radical (unpaired) electrons. The number of aryl methyl sites for hydroxylation is 1. The highest BCUT2D eigenvalue weighted by Crippen LogP contribution is 2.21. The van der Waals surface area contributed by atoms with Crippen molar-refractivity contribution in [2.24, 2.45) is 0 Å². The summed E-state index contributed by atoms with van der Waals surface area (Å²) in [5.41, 5.74) is 2.17. The van der Waals surface area contributed by atoms with E-state index in [4.69, 9.17) is 4.74 Å². The fraction of sp³-hybridized carbons (Fsp3) is 0.375. The van der Waals surface area contributed by atoms with E-state index in [2.05, 4.69) is 23.3 Å². The van der Waals surface area contributed by atoms with Crippen molar-refractivity contribution in [1.29, 1.82) is 0 Å². The second kappa shape index (κ2) is 8.60. The number of carbonyl (C=O) groups is 1. The molecule has 1 aromatic heterocycles. The van der Waals surface area contributed by atoms with Gasteiger partial charge in [-0.2, -0.15) is 0 Å². The number of benzene rings is 1. The number of hydrogen-bond acceptors (Lipinski definition) is 4. The summed E-state index contributed by atoms with van der Waals surface area (Å²) in [5, 5.41) is 2.93. The van der Waals surface area contributed by atoms with Crippen LogP contribution in [-0.2, 0) is 22.6 Å². The molecule has 0 aliphatic rings. The lowest BCUT2D eigenvalue weighted by atomic mass is 10.2. The molecule has 6 heteroatoms. The highest BCUT2D eigenvalue weighted by atomic mass is 32.2. The number of carbonyl (C=O) groups excluding carboxylic acids is 1. The standard InChI is InChI=1S/C16H21N3O2S/c1-13-5-3-4-6-15(13)22-11-16(20)18-10-14-9-17-12-19(14)7-8-21-2/h3-6,9,12H,7-8,10-11H2,1-2H3,(H,18,20). The van der Waals surface area contributed by atoms with Crippen LogP contribution in [-0.4, -0.2) is 34.9 Å². The smallest absolute Gasteiger partial charge is 0.230 e. The van der Waals surface area contributed by atoms with Gasteiger partial charge in [0.1, 0.15) is 0 Å². The van der Waals surface area contributed by atoms with Gasteiger partial charge in [0.05, 0.1) is 30.9 Å². The molecule has 5 nitrogen and oxygen atoms in total. The molecule has 1 aromatic carbocycles. The van der Waals surface area contributed by atoms with Gasteiger partial charge in [0.2, 0.25) is 5.91 Å². The summed E-state index contributed by atoms with van der Waals surface area (Å²) in [7, 11) is 1.67. The molecule has 0 aliphatic carbocycles. The Hall–Kier alpha value is -1.79. The molecule has 0 fully saturated rings. The van der Waals surface area contributed by atoms with Crippen molar-refractivity contribution >= 4 is 17.7 Å². The van der Waals surface area contributed by atoms with E-state index in [9.17, 15) is 4.79 Å². The van der Waals surface area contributed by atoms with Crippen LogP contribution in [0.15, 0.2) is 41.7 Å². The highest BCUT2D eigenvalue weighted by Gasteiger charge is 2.07. The summed E-state index contributed by atoms with van der Waals surface area (Å²) in [6, 6.07) is 8.07. The van der Waals surface area contributed by atoms with Gasteiger partial charge in [-0.1, -0.05) is 18.2 Å². The third kappa shape index (κ3) is 4.89. The third-order valence-corrected chi connectivity index (χ3v) is 4.43. The van der Waals surface area contributed by atoms with Crippen LogP contribution in [0.3, 0.4) is 0 Å². The van der Waals surface area contributed by atoms with Crippen LogP contribution in [0.5, 0.6) is 0 Å². The molecule has 1 amide bonds. The first-order chi connectivity index (χ1) is 10.7. The predicted octanol–water partition coefficient (Wildman–Crippen LogP) is 2.25. The maximum atomic E-state index is 12.0. The van der Waals surface area contributed by atoms with Crippen molar-refractivity contribution in [3.05, 3.63) is 48.0 Å². The highest BCUT2D eigenvalue weighted by molar-refractivity contribution is 8.00. The number of amides is 1. The molecule has 118 valence electrons. The van der Waals surface area contributed by atoms with Gasteiger partial charge in [-0.25, -0.2) is 4.98 Å². The first-order valence-electron chi connectivity index (χ1n) is 7.13. The molecule has 0 bridgehead atoms. The monoisotopic (exact) mass is 319 g/mol. The Kier molecular flexibility index (Phi) is 6.48. The lowest BCUT2D eigenvalue weighted by Crippen LogP contribution is -2.26. The number of thioether (sulfide) groups is 1. The first kappa shape index (κ1) is 16.6. The van der Waals surface area contributed by atoms with Gasteiger partial charge in [0.25, 0.3) is 0 Å². The zero-order chi connectivity index (χ0) is 15.8. The summed E-state index contributed by atoms with van der Waals surface area (Å²) in [5.74, 6) is 0.435. The van der Waals surface area contributed by atoms with Gasteiger partial charge >= 0.3 is 0 Å². The minimum atomic E-state index is 0.0211. The van der Waals surface area contributed by atoms with Gasteiger partial charge in [-0.3, -0.25) is 4.79 Å². The normalized spacial score (nSPS) is 10.6. The number of rotatable bonds is 8. The zero-order valence-electron chi connectivity index (χ0n) is 12.9. The second-order valence-electron chi connectivity index (χ2n) is 4.90. The lowest BCUT2D eigenvalue weighted by molar-refractivity contribution is -0.118. The van der Waals surface area contributed by atoms with E-state index >= 15 is 0 Å². The Bertz CT molecular complexity index is 613. The molecule has 0 saturated heterocycles. The van der Waals surface area contributed by atoms with E-state index in [0.717, 1.165) is 17.1 Å². The molecule has 0 spiro atoms. The lowest BCUT2D eigenvalue weighted by Gasteiger charge is -2.09. The Morgan fingerprint density at radius 3 is 3.00 bits per heavy atom. The largest absolute Gasteiger partial charge is 0.383 e. The average Bonchev–Trinajstić information content (AvgIpc) is 2.97. The Morgan fingerprint density at radius 1 is 1.41 bits per heavy atom. The van der Waals surface area contributed by atoms with Gasteiger partial charge in [0.15, 0.2) is 0 Å². The maximum Gasteiger partial charge on any atom is 0.230 e. The summed E-state index contributed by atoms with van der Waals surface area (Å²) in [4.78, 5) is 17.2. The van der Waals surface area contributed by atoms with Crippen molar-refractivity contribution in [1.82, 2.24) is 14.9 Å². The molecule has 0 saturated carbocycles. The minimum absolute atomic E-state index is 0.0211. The first-order valence-corrected chi connectivity index (χ1v) is 8.12. The van der Waals surface area contributed by atoms with E-state index in [1.54, 1.807) is 31.4 Å². The van der Waals surface area contributed by atoms with Gasteiger partial charge in [0, 0.05) is 24.7 Å². The van der Waals surface area contributed by atoms with Gasteiger partial charge in [-0.15, -0.1) is 11.8 Å². The van der Waals surface area contributed by atoms with E-state index in [-0.39, 0.29) is 5.91 Å². The Balaban J connectivity index is 1.78. The predicted molar refractivity (Wildman–Crippen MR) is 87.9 cm³/mol. The van der Waals surface area contributed by atoms with E-state index in [1.165, 1.54) is 5.56 Å². The fourth-order valence-electron chi connectivity index (χ4n) is 1.99. The van der Waals surface area contributed by atoms with E-state index < -0.39 is 0 Å². The van der Waals surface area contributed by atoms with E-state index in [0.29, 0.717) is 18.9 Å². The second-order valence-corrected chi connectivity index (χ2v) is 5.92. The molecular weight excluding hydrogens is 298 g/mol. The van der Waals surface area contributed by atoms with Crippen LogP contribution in [0.4, 0.5) is 0 Å². The van der Waals surface area contributed by atoms with Crippen molar-refractivity contribution < 1.29 is 9.53 Å². The number of ether oxygens (including phenoxy) is 1. The molecule has 0 aliphatic heterocycles. The number of nitrogens with zero attached hydrogens (tertiary/aromatic N) is 2. The third-order valence-electron chi connectivity index (χ3n) is 3.25. The maximum absolute atomic E-state index is 12.0. The molecule has 2 aromatic rings. The van der Waals surface area contributed by atoms with E-state index in [1.807, 2.05) is 22.8 Å². The number of methoxy groups -OCH3 is 1. The average molecular weight is 319 g/mol. The number of aromatic nitrogens is 2. The van der Waals surface area contributed by atoms with Crippen LogP contribution in [0.1, 0.15) is 11.3 Å². The Morgan fingerprint density at radius 2 is 2.23 bits per heavy atom. The van der Waals surface area contributed by atoms with Crippen LogP contribution in [0.2, 0.25) is 0 Å². The van der Waals surface area contributed by atoms with Crippen molar-refractivity contribution in [2.45, 2.75) is 24.9 Å². The molecule has 22 heavy (non-hydrogen) atoms. The fourth-order valence-corrected chi connectivity index (χ4v) is 2.85. The minimum Gasteiger partial charge on any atom is -0.383 e. The quantitative estimate of drug-likeness (QED) is 0.758. The zero-order valence-corrected chi connectivity index (χ0v) is 13.7. The molecule has 0 unspecified atom stereocenters. The van der Waals surface area contributed by atoms with Crippen LogP contribution in [0, 0.1) is 6.92 Å². The molecule has 1 heterocycles. The molecule has 0 atom stereocenters. The van der Waals surface area contributed by atoms with Crippen LogP contribution >= 0.6 is 11.8 Å². The van der Waals surface area contributed by atoms with Gasteiger partial charge in [-0.05, 0) is 18.6 Å². The van der Waals surface area contributed by atoms with Gasteiger partial charge < -0.3 is 14.6 Å². The summed E-state index contributed by atoms with van der Waals surface area (Å²) in [6.07, 6.45) is 3.52. The van der Waals surface area contributed by atoms with Crippen molar-refractivity contribution in [2.75, 3.05) is 19.5 Å². The summed E-state index contributed by atoms with van der Waals surface area (Å²) in [6.45, 7) is 3.89. The van der Waals surface area contributed by atoms with Crippen molar-refractivity contribution in [3.63, 3.8) is 0 Å². The Labute approximate surface area is 135 Å². The summed E-state index contributed by atoms with van der Waals surface area (Å²) < 4.78 is 7.04. The number of hydrogen-bond donors (Lipinski definition) is 1. The molecule has 1 N–H and O–H groups in total. The molecule has 2 rings (SSSR count). The molecular formula is C16H21N3O2S. The SMILES string of the molecule is COCCn1cncc1CNC(=O)CSc1ccccc1C. The number of nitrogens with one attached hydrogen (secondary N) is 1. The van der Waals surface area contributed by atoms with Crippen molar-refractivity contribution in [3.8, 4) is 0 Å². The van der Waals surface area contributed by atoms with Crippen LogP contribution in [0.25, 0.3) is 0 Å². The number of imidazole rings is 1. The van der Waals surface area contributed by atoms with Crippen LogP contribution < -0.4 is 5.32 Å². The summed E-state index contributed by atoms with van der Waals surface area (Å²) >= 11 is 1.56.